The lowest BCUT2D eigenvalue weighted by Crippen LogP contribution is -2.19. The summed E-state index contributed by atoms with van der Waals surface area (Å²) in [6.07, 6.45) is 1.67. The Labute approximate surface area is 220 Å². The molecule has 0 aliphatic carbocycles. The van der Waals surface area contributed by atoms with Crippen LogP contribution in [0.4, 0.5) is 5.69 Å². The van der Waals surface area contributed by atoms with E-state index >= 15 is 0 Å². The van der Waals surface area contributed by atoms with Crippen molar-refractivity contribution in [1.82, 2.24) is 5.43 Å². The zero-order chi connectivity index (χ0) is 25.5. The lowest BCUT2D eigenvalue weighted by Gasteiger charge is -2.14. The molecule has 0 radical (unpaired) electrons. The van der Waals surface area contributed by atoms with Crippen LogP contribution >= 0.6 is 22.6 Å². The highest BCUT2D eigenvalue weighted by atomic mass is 127. The number of halogens is 1. The number of hydrazone groups is 1. The number of hydrogen-bond donors (Lipinski definition) is 1. The van der Waals surface area contributed by atoms with Gasteiger partial charge in [0.2, 0.25) is 12.7 Å². The average Bonchev–Trinajstić information content (AvgIpc) is 3.32. The van der Waals surface area contributed by atoms with Crippen LogP contribution < -0.4 is 24.4 Å². The summed E-state index contributed by atoms with van der Waals surface area (Å²) in [4.78, 5) is 22.7. The maximum absolute atomic E-state index is 12.3. The second-order valence-corrected chi connectivity index (χ2v) is 8.79. The van der Waals surface area contributed by atoms with Crippen molar-refractivity contribution >= 4 is 40.4 Å². The van der Waals surface area contributed by atoms with Crippen LogP contribution in [0.2, 0.25) is 0 Å². The smallest absolute Gasteiger partial charge is 0.269 e. The summed E-state index contributed by atoms with van der Waals surface area (Å²) in [6.45, 7) is 2.69. The fraction of sp³-hybridized carbons (Fsp3) is 0.200. The second kappa shape index (κ2) is 11.7. The molecule has 1 aliphatic rings. The molecule has 0 saturated carbocycles. The molecule has 0 bridgehead atoms. The van der Waals surface area contributed by atoms with Gasteiger partial charge in [-0.2, -0.15) is 5.10 Å². The molecule has 10 nitrogen and oxygen atoms in total. The second-order valence-electron chi connectivity index (χ2n) is 7.63. The Balaban J connectivity index is 1.38. The van der Waals surface area contributed by atoms with E-state index in [0.29, 0.717) is 35.2 Å². The molecular formula is C25H22IN3O7. The Morgan fingerprint density at radius 3 is 2.61 bits per heavy atom. The molecule has 4 rings (SSSR count). The molecule has 3 aromatic carbocycles. The molecule has 0 atom stereocenters. The SMILES string of the molecule is CCOc1cc(/C=N\NC(=O)Cc2ccc3c(c2)OCO3)cc(I)c1OCc1ccc([N+](=O)[O-])cc1. The summed E-state index contributed by atoms with van der Waals surface area (Å²) in [5, 5.41) is 14.9. The standard InChI is InChI=1S/C25H22IN3O7/c1-2-33-23-11-18(9-20(26)25(23)34-14-16-3-6-19(7-4-16)29(31)32)13-27-28-24(30)12-17-5-8-21-22(10-17)36-15-35-21/h3-11,13H,2,12,14-15H2,1H3,(H,28,30)/b27-13-. The molecule has 0 unspecified atom stereocenters. The third-order valence-corrected chi connectivity index (χ3v) is 5.87. The largest absolute Gasteiger partial charge is 0.490 e. The minimum absolute atomic E-state index is 0.0231. The van der Waals surface area contributed by atoms with E-state index < -0.39 is 4.92 Å². The lowest BCUT2D eigenvalue weighted by molar-refractivity contribution is -0.384. The van der Waals surface area contributed by atoms with E-state index in [2.05, 4.69) is 33.1 Å². The maximum Gasteiger partial charge on any atom is 0.269 e. The topological polar surface area (TPSA) is 122 Å². The number of carbonyl (C=O) groups is 1. The minimum atomic E-state index is -0.444. The number of fused-ring (bicyclic) bond motifs is 1. The van der Waals surface area contributed by atoms with Crippen LogP contribution in [0.25, 0.3) is 0 Å². The number of amides is 1. The molecule has 3 aromatic rings. The normalized spacial score (nSPS) is 11.9. The number of nitro groups is 1. The van der Waals surface area contributed by atoms with Crippen molar-refractivity contribution < 1.29 is 28.7 Å². The first-order valence-corrected chi connectivity index (χ1v) is 12.0. The van der Waals surface area contributed by atoms with Crippen LogP contribution in [0.15, 0.2) is 59.7 Å². The van der Waals surface area contributed by atoms with Crippen molar-refractivity contribution in [3.63, 3.8) is 0 Å². The lowest BCUT2D eigenvalue weighted by atomic mass is 10.1. The van der Waals surface area contributed by atoms with E-state index in [0.717, 1.165) is 14.7 Å². The minimum Gasteiger partial charge on any atom is -0.490 e. The summed E-state index contributed by atoms with van der Waals surface area (Å²) >= 11 is 2.14. The van der Waals surface area contributed by atoms with Crippen molar-refractivity contribution in [2.75, 3.05) is 13.4 Å². The van der Waals surface area contributed by atoms with E-state index in [1.54, 1.807) is 30.3 Å². The van der Waals surface area contributed by atoms with E-state index in [1.807, 2.05) is 19.1 Å². The predicted octanol–water partition coefficient (Wildman–Crippen LogP) is 4.60. The van der Waals surface area contributed by atoms with E-state index in [1.165, 1.54) is 18.3 Å². The van der Waals surface area contributed by atoms with Gasteiger partial charge in [-0.15, -0.1) is 0 Å². The van der Waals surface area contributed by atoms with Gasteiger partial charge < -0.3 is 18.9 Å². The molecule has 0 fully saturated rings. The molecule has 186 valence electrons. The monoisotopic (exact) mass is 603 g/mol. The van der Waals surface area contributed by atoms with Gasteiger partial charge in [-0.1, -0.05) is 6.07 Å². The number of non-ortho nitro benzene ring substituents is 1. The quantitative estimate of drug-likeness (QED) is 0.156. The zero-order valence-electron chi connectivity index (χ0n) is 19.2. The Bertz CT molecular complexity index is 1300. The van der Waals surface area contributed by atoms with Gasteiger partial charge >= 0.3 is 0 Å². The Hall–Kier alpha value is -3.87. The van der Waals surface area contributed by atoms with Gasteiger partial charge in [0.15, 0.2) is 23.0 Å². The Morgan fingerprint density at radius 1 is 1.11 bits per heavy atom. The van der Waals surface area contributed by atoms with Crippen LogP contribution in [-0.4, -0.2) is 30.4 Å². The molecule has 36 heavy (non-hydrogen) atoms. The molecule has 11 heteroatoms. The number of nitro benzene ring substituents is 1. The fourth-order valence-corrected chi connectivity index (χ4v) is 4.17. The van der Waals surface area contributed by atoms with Gasteiger partial charge in [0.05, 0.1) is 27.7 Å². The van der Waals surface area contributed by atoms with Gasteiger partial charge in [0, 0.05) is 12.1 Å². The third kappa shape index (κ3) is 6.42. The number of nitrogens with zero attached hydrogens (tertiary/aromatic N) is 2. The summed E-state index contributed by atoms with van der Waals surface area (Å²) in [5.41, 5.74) is 4.84. The van der Waals surface area contributed by atoms with Gasteiger partial charge in [0.25, 0.3) is 5.69 Å². The molecule has 0 saturated heterocycles. The van der Waals surface area contributed by atoms with Crippen molar-refractivity contribution in [3.8, 4) is 23.0 Å². The first kappa shape index (κ1) is 25.2. The molecule has 1 aliphatic heterocycles. The van der Waals surface area contributed by atoms with Gasteiger partial charge in [-0.05, 0) is 82.6 Å². The molecule has 0 spiro atoms. The summed E-state index contributed by atoms with van der Waals surface area (Å²) in [7, 11) is 0. The zero-order valence-corrected chi connectivity index (χ0v) is 21.4. The maximum atomic E-state index is 12.3. The van der Waals surface area contributed by atoms with Crippen molar-refractivity contribution in [3.05, 3.63) is 85.0 Å². The molecule has 1 N–H and O–H groups in total. The molecule has 1 heterocycles. The van der Waals surface area contributed by atoms with Crippen molar-refractivity contribution in [1.29, 1.82) is 0 Å². The summed E-state index contributed by atoms with van der Waals surface area (Å²) in [5.74, 6) is 2.10. The summed E-state index contributed by atoms with van der Waals surface area (Å²) in [6, 6.07) is 15.2. The third-order valence-electron chi connectivity index (χ3n) is 5.07. The van der Waals surface area contributed by atoms with Gasteiger partial charge in [-0.3, -0.25) is 14.9 Å². The van der Waals surface area contributed by atoms with E-state index in [9.17, 15) is 14.9 Å². The first-order valence-electron chi connectivity index (χ1n) is 11.0. The molecular weight excluding hydrogens is 581 g/mol. The highest BCUT2D eigenvalue weighted by molar-refractivity contribution is 14.1. The number of carbonyl (C=O) groups excluding carboxylic acids is 1. The van der Waals surface area contributed by atoms with Crippen LogP contribution in [0, 0.1) is 13.7 Å². The summed E-state index contributed by atoms with van der Waals surface area (Å²) < 4.78 is 23.1. The van der Waals surface area contributed by atoms with E-state index in [4.69, 9.17) is 18.9 Å². The van der Waals surface area contributed by atoms with Crippen LogP contribution in [0.1, 0.15) is 23.6 Å². The first-order chi connectivity index (χ1) is 17.4. The Kier molecular flexibility index (Phi) is 8.21. The van der Waals surface area contributed by atoms with Crippen LogP contribution in [0.3, 0.4) is 0 Å². The number of ether oxygens (including phenoxy) is 4. The van der Waals surface area contributed by atoms with Crippen molar-refractivity contribution in [2.45, 2.75) is 20.0 Å². The molecule has 0 aromatic heterocycles. The van der Waals surface area contributed by atoms with Gasteiger partial charge in [-0.25, -0.2) is 5.43 Å². The number of rotatable bonds is 10. The van der Waals surface area contributed by atoms with Crippen LogP contribution in [-0.2, 0) is 17.8 Å². The van der Waals surface area contributed by atoms with Crippen LogP contribution in [0.5, 0.6) is 23.0 Å². The van der Waals surface area contributed by atoms with E-state index in [-0.39, 0.29) is 31.4 Å². The highest BCUT2D eigenvalue weighted by Crippen LogP contribution is 2.35. The van der Waals surface area contributed by atoms with Gasteiger partial charge in [0.1, 0.15) is 6.61 Å². The Morgan fingerprint density at radius 2 is 1.86 bits per heavy atom. The average molecular weight is 603 g/mol. The number of benzene rings is 3. The number of hydrogen-bond acceptors (Lipinski definition) is 8. The molecule has 1 amide bonds. The number of nitrogens with one attached hydrogen (secondary N) is 1. The highest BCUT2D eigenvalue weighted by Gasteiger charge is 2.15. The predicted molar refractivity (Wildman–Crippen MR) is 140 cm³/mol. The fourth-order valence-electron chi connectivity index (χ4n) is 3.39. The van der Waals surface area contributed by atoms with Crippen molar-refractivity contribution in [2.24, 2.45) is 5.10 Å².